The van der Waals surface area contributed by atoms with Gasteiger partial charge in [-0.15, -0.1) is 0 Å². The second kappa shape index (κ2) is 8.60. The van der Waals surface area contributed by atoms with Gasteiger partial charge < -0.3 is 19.5 Å². The van der Waals surface area contributed by atoms with Crippen molar-refractivity contribution in [2.24, 2.45) is 11.8 Å². The van der Waals surface area contributed by atoms with E-state index in [0.717, 1.165) is 16.8 Å². The number of para-hydroxylation sites is 1. The van der Waals surface area contributed by atoms with E-state index in [0.29, 0.717) is 18.8 Å². The zero-order valence-electron chi connectivity index (χ0n) is 20.2. The Balaban J connectivity index is 1.52. The van der Waals surface area contributed by atoms with E-state index in [9.17, 15) is 14.7 Å². The first-order valence-electron chi connectivity index (χ1n) is 12.1. The number of anilines is 2. The third-order valence-electron chi connectivity index (χ3n) is 7.61. The number of fused-ring (bicyclic) bond motifs is 2. The van der Waals surface area contributed by atoms with E-state index in [1.54, 1.807) is 9.80 Å². The normalized spacial score (nSPS) is 28.2. The third kappa shape index (κ3) is 3.70. The van der Waals surface area contributed by atoms with Crippen molar-refractivity contribution in [1.29, 1.82) is 0 Å². The second-order valence-corrected chi connectivity index (χ2v) is 10.1. The van der Waals surface area contributed by atoms with Crippen molar-refractivity contribution in [2.45, 2.75) is 51.1 Å². The Kier molecular flexibility index (Phi) is 5.84. The molecule has 2 aromatic rings. The van der Waals surface area contributed by atoms with Crippen molar-refractivity contribution in [3.63, 3.8) is 0 Å². The van der Waals surface area contributed by atoms with Gasteiger partial charge in [0.2, 0.25) is 0 Å². The summed E-state index contributed by atoms with van der Waals surface area (Å²) in [6.45, 7) is 5.86. The van der Waals surface area contributed by atoms with Gasteiger partial charge in [-0.05, 0) is 44.0 Å². The van der Waals surface area contributed by atoms with Crippen molar-refractivity contribution >= 4 is 23.4 Å². The first-order chi connectivity index (χ1) is 16.7. The Morgan fingerprint density at radius 1 is 1.17 bits per heavy atom. The van der Waals surface area contributed by atoms with Gasteiger partial charge in [0.1, 0.15) is 12.3 Å². The number of benzene rings is 2. The first-order valence-corrected chi connectivity index (χ1v) is 12.1. The molecule has 8 heteroatoms. The van der Waals surface area contributed by atoms with E-state index in [4.69, 9.17) is 9.47 Å². The van der Waals surface area contributed by atoms with Gasteiger partial charge in [0, 0.05) is 29.7 Å². The third-order valence-corrected chi connectivity index (χ3v) is 7.61. The number of nitrogens with zero attached hydrogens (tertiary/aromatic N) is 2. The zero-order valence-corrected chi connectivity index (χ0v) is 20.2. The predicted molar refractivity (Wildman–Crippen MR) is 129 cm³/mol. The molecule has 0 aromatic heterocycles. The molecule has 0 radical (unpaired) electrons. The van der Waals surface area contributed by atoms with Gasteiger partial charge in [-0.25, -0.2) is 9.18 Å². The van der Waals surface area contributed by atoms with Gasteiger partial charge in [0.15, 0.2) is 5.60 Å². The summed E-state index contributed by atoms with van der Waals surface area (Å²) in [5, 5.41) is 9.64. The molecule has 1 spiro atoms. The maximum Gasteiger partial charge on any atom is 0.414 e. The molecule has 35 heavy (non-hydrogen) atoms. The van der Waals surface area contributed by atoms with Gasteiger partial charge >= 0.3 is 6.09 Å². The van der Waals surface area contributed by atoms with Crippen LogP contribution >= 0.6 is 0 Å². The molecule has 0 bridgehead atoms. The van der Waals surface area contributed by atoms with Crippen LogP contribution in [-0.4, -0.2) is 48.6 Å². The Morgan fingerprint density at radius 3 is 2.63 bits per heavy atom. The standard InChI is InChI=1S/C27H31FN2O5/c1-17-23(26(2,3)28)22(11-13-31)35-27(17)20-9-4-5-10-21(20)30(24(27)32)16-18-7-6-8-19(15-18)29-12-14-34-25(29)33/h4-10,15,17,22-23,31H,11-14,16H2,1-3H3/t17-,22+,23-,27+/m1/s1. The van der Waals surface area contributed by atoms with Gasteiger partial charge in [-0.3, -0.25) is 9.69 Å². The van der Waals surface area contributed by atoms with Crippen LogP contribution in [0.5, 0.6) is 0 Å². The fourth-order valence-corrected chi connectivity index (χ4v) is 6.19. The molecular formula is C27H31FN2O5. The number of carbonyl (C=O) groups is 2. The zero-order chi connectivity index (χ0) is 25.0. The van der Waals surface area contributed by atoms with E-state index >= 15 is 4.39 Å². The number of cyclic esters (lactones) is 1. The van der Waals surface area contributed by atoms with E-state index in [1.165, 1.54) is 13.8 Å². The van der Waals surface area contributed by atoms with Gasteiger partial charge in [0.05, 0.1) is 24.9 Å². The topological polar surface area (TPSA) is 79.3 Å². The SMILES string of the molecule is C[C@@H]1[C@@H](C(C)(C)F)[C@H](CCO)O[C@@]12C(=O)N(Cc1cccc(N3CCOC3=O)c1)c1ccccc12. The average Bonchev–Trinajstić information content (AvgIpc) is 3.44. The maximum atomic E-state index is 15.4. The number of hydrogen-bond donors (Lipinski definition) is 1. The molecule has 2 aromatic carbocycles. The van der Waals surface area contributed by atoms with E-state index < -0.39 is 29.2 Å². The quantitative estimate of drug-likeness (QED) is 0.669. The van der Waals surface area contributed by atoms with Crippen LogP contribution in [0.25, 0.3) is 0 Å². The van der Waals surface area contributed by atoms with Crippen LogP contribution in [0, 0.1) is 11.8 Å². The largest absolute Gasteiger partial charge is 0.447 e. The number of rotatable bonds is 6. The highest BCUT2D eigenvalue weighted by molar-refractivity contribution is 6.07. The summed E-state index contributed by atoms with van der Waals surface area (Å²) in [5.74, 6) is -1.23. The van der Waals surface area contributed by atoms with Crippen LogP contribution in [0.4, 0.5) is 20.6 Å². The number of hydrogen-bond acceptors (Lipinski definition) is 5. The number of aliphatic hydroxyl groups excluding tert-OH is 1. The van der Waals surface area contributed by atoms with Crippen LogP contribution in [0.2, 0.25) is 0 Å². The highest BCUT2D eigenvalue weighted by Crippen LogP contribution is 2.58. The maximum absolute atomic E-state index is 15.4. The van der Waals surface area contributed by atoms with Crippen molar-refractivity contribution in [1.82, 2.24) is 0 Å². The van der Waals surface area contributed by atoms with E-state index in [2.05, 4.69) is 0 Å². The molecule has 3 aliphatic heterocycles. The molecule has 2 saturated heterocycles. The molecule has 3 heterocycles. The molecule has 2 fully saturated rings. The van der Waals surface area contributed by atoms with Gasteiger partial charge in [-0.2, -0.15) is 0 Å². The number of aliphatic hydroxyl groups is 1. The van der Waals surface area contributed by atoms with Crippen LogP contribution in [0.3, 0.4) is 0 Å². The molecule has 0 saturated carbocycles. The van der Waals surface area contributed by atoms with Gasteiger partial charge in [0.25, 0.3) is 5.91 Å². The predicted octanol–water partition coefficient (Wildman–Crippen LogP) is 4.17. The fourth-order valence-electron chi connectivity index (χ4n) is 6.19. The Labute approximate surface area is 204 Å². The van der Waals surface area contributed by atoms with Crippen molar-refractivity contribution in [3.05, 3.63) is 59.7 Å². The lowest BCUT2D eigenvalue weighted by atomic mass is 9.71. The summed E-state index contributed by atoms with van der Waals surface area (Å²) in [7, 11) is 0. The highest BCUT2D eigenvalue weighted by Gasteiger charge is 2.65. The Morgan fingerprint density at radius 2 is 1.94 bits per heavy atom. The van der Waals surface area contributed by atoms with E-state index in [1.807, 2.05) is 55.5 Å². The van der Waals surface area contributed by atoms with Crippen molar-refractivity contribution < 1.29 is 28.6 Å². The lowest BCUT2D eigenvalue weighted by Gasteiger charge is -2.32. The minimum absolute atomic E-state index is 0.147. The summed E-state index contributed by atoms with van der Waals surface area (Å²) < 4.78 is 26.9. The minimum Gasteiger partial charge on any atom is -0.447 e. The Hall–Kier alpha value is -2.97. The molecule has 5 rings (SSSR count). The molecule has 4 atom stereocenters. The minimum atomic E-state index is -1.59. The molecule has 0 unspecified atom stereocenters. The van der Waals surface area contributed by atoms with Crippen molar-refractivity contribution in [3.8, 4) is 0 Å². The molecule has 0 aliphatic carbocycles. The molecule has 7 nitrogen and oxygen atoms in total. The molecule has 2 amide bonds. The van der Waals surface area contributed by atoms with Crippen molar-refractivity contribution in [2.75, 3.05) is 29.6 Å². The molecule has 1 N–H and O–H groups in total. The summed E-state index contributed by atoms with van der Waals surface area (Å²) in [6.07, 6.45) is -0.712. The van der Waals surface area contributed by atoms with E-state index in [-0.39, 0.29) is 31.6 Å². The monoisotopic (exact) mass is 482 g/mol. The van der Waals surface area contributed by atoms with Crippen LogP contribution in [0.15, 0.2) is 48.5 Å². The molecule has 3 aliphatic rings. The summed E-state index contributed by atoms with van der Waals surface area (Å²) >= 11 is 0. The lowest BCUT2D eigenvalue weighted by Crippen LogP contribution is -2.45. The number of alkyl halides is 1. The number of halogens is 1. The highest BCUT2D eigenvalue weighted by atomic mass is 19.1. The summed E-state index contributed by atoms with van der Waals surface area (Å²) in [4.78, 5) is 29.4. The molecule has 186 valence electrons. The van der Waals surface area contributed by atoms with Crippen LogP contribution in [-0.2, 0) is 26.4 Å². The van der Waals surface area contributed by atoms with Gasteiger partial charge in [-0.1, -0.05) is 37.3 Å². The summed E-state index contributed by atoms with van der Waals surface area (Å²) in [5.41, 5.74) is 0.113. The number of ether oxygens (including phenoxy) is 2. The number of amides is 2. The van der Waals surface area contributed by atoms with Crippen LogP contribution < -0.4 is 9.80 Å². The second-order valence-electron chi connectivity index (χ2n) is 10.1. The lowest BCUT2D eigenvalue weighted by molar-refractivity contribution is -0.146. The number of carbonyl (C=O) groups excluding carboxylic acids is 2. The smallest absolute Gasteiger partial charge is 0.414 e. The average molecular weight is 483 g/mol. The summed E-state index contributed by atoms with van der Waals surface area (Å²) in [6, 6.07) is 15.0. The van der Waals surface area contributed by atoms with Crippen LogP contribution in [0.1, 0.15) is 38.3 Å². The Bertz CT molecular complexity index is 1150. The first kappa shape index (κ1) is 23.8. The molecular weight excluding hydrogens is 451 g/mol. The fraction of sp³-hybridized carbons (Fsp3) is 0.481.